The lowest BCUT2D eigenvalue weighted by Crippen LogP contribution is -2.34. The molecule has 0 fully saturated rings. The van der Waals surface area contributed by atoms with Gasteiger partial charge in [0.25, 0.3) is 0 Å². The Labute approximate surface area is 114 Å². The van der Waals surface area contributed by atoms with E-state index in [0.717, 1.165) is 6.42 Å². The molecule has 1 aliphatic rings. The van der Waals surface area contributed by atoms with E-state index in [-0.39, 0.29) is 11.8 Å². The third-order valence-electron chi connectivity index (χ3n) is 2.87. The summed E-state index contributed by atoms with van der Waals surface area (Å²) in [5, 5.41) is 4.33. The molecule has 18 heavy (non-hydrogen) atoms. The van der Waals surface area contributed by atoms with E-state index in [1.54, 1.807) is 21.4 Å². The van der Waals surface area contributed by atoms with Gasteiger partial charge in [0.2, 0.25) is 5.78 Å². The summed E-state index contributed by atoms with van der Waals surface area (Å²) >= 11 is 3.33. The van der Waals surface area contributed by atoms with Gasteiger partial charge in [0, 0.05) is 22.4 Å². The number of Topliss-reactive ketones (excluding diaryl/α,β-unsaturated/α-hetero) is 1. The molecule has 92 valence electrons. The molecule has 0 saturated heterocycles. The van der Waals surface area contributed by atoms with E-state index in [1.807, 2.05) is 19.2 Å². The zero-order valence-corrected chi connectivity index (χ0v) is 11.6. The van der Waals surface area contributed by atoms with Gasteiger partial charge in [-0.25, -0.2) is 4.57 Å². The van der Waals surface area contributed by atoms with Gasteiger partial charge in [0.15, 0.2) is 0 Å². The monoisotopic (exact) mass is 306 g/mol. The molecule has 0 amide bonds. The second-order valence-electron chi connectivity index (χ2n) is 4.07. The summed E-state index contributed by atoms with van der Waals surface area (Å²) in [6, 6.07) is 0.0977. The summed E-state index contributed by atoms with van der Waals surface area (Å²) < 4.78 is 4.23. The van der Waals surface area contributed by atoms with Crippen LogP contribution in [-0.2, 0) is 7.05 Å². The smallest absolute Gasteiger partial charge is 0.287 e. The third-order valence-corrected chi connectivity index (χ3v) is 3.56. The normalized spacial score (nSPS) is 18.7. The molecule has 1 aliphatic heterocycles. The molecule has 2 heterocycles. The molecule has 0 radical (unpaired) electrons. The molecule has 1 atom stereocenters. The van der Waals surface area contributed by atoms with Crippen molar-refractivity contribution in [1.29, 1.82) is 0 Å². The number of terminal acetylenes is 1. The molecule has 2 rings (SSSR count). The van der Waals surface area contributed by atoms with Gasteiger partial charge in [-0.3, -0.25) is 4.79 Å². The van der Waals surface area contributed by atoms with Crippen LogP contribution < -0.4 is 4.57 Å². The fourth-order valence-corrected chi connectivity index (χ4v) is 2.35. The Morgan fingerprint density at radius 3 is 3.17 bits per heavy atom. The van der Waals surface area contributed by atoms with Gasteiger partial charge in [-0.2, -0.15) is 0 Å². The summed E-state index contributed by atoms with van der Waals surface area (Å²) in [5.41, 5.74) is 0. The standard InChI is InChI=1S/C13H13BrN3O/c1-3-4-5-6-7-8-10-9-11(18)12-16(2)13(14)15-17(10)12/h1,4-7,10H,8-9H2,2H3/q+1/b5-4-,7-6-. The van der Waals surface area contributed by atoms with Crippen molar-refractivity contribution in [3.8, 4) is 12.3 Å². The number of nitrogens with zero attached hydrogens (tertiary/aromatic N) is 3. The number of aromatic nitrogens is 3. The molecule has 5 heteroatoms. The second kappa shape index (κ2) is 5.32. The quantitative estimate of drug-likeness (QED) is 0.485. The number of allylic oxidation sites excluding steroid dienone is 4. The summed E-state index contributed by atoms with van der Waals surface area (Å²) in [5.74, 6) is 3.20. The van der Waals surface area contributed by atoms with Gasteiger partial charge in [-0.1, -0.05) is 28.8 Å². The zero-order valence-electron chi connectivity index (χ0n) is 10.0. The number of carbonyl (C=O) groups excluding carboxylic acids is 1. The Morgan fingerprint density at radius 2 is 2.44 bits per heavy atom. The number of rotatable bonds is 3. The van der Waals surface area contributed by atoms with Crippen LogP contribution in [0.5, 0.6) is 0 Å². The van der Waals surface area contributed by atoms with Crippen LogP contribution in [0.15, 0.2) is 29.0 Å². The highest BCUT2D eigenvalue weighted by atomic mass is 79.9. The molecule has 1 aromatic heterocycles. The van der Waals surface area contributed by atoms with Crippen molar-refractivity contribution < 1.29 is 9.36 Å². The highest BCUT2D eigenvalue weighted by Gasteiger charge is 2.40. The summed E-state index contributed by atoms with van der Waals surface area (Å²) in [7, 11) is 1.83. The van der Waals surface area contributed by atoms with Crippen LogP contribution in [0.1, 0.15) is 29.5 Å². The summed E-state index contributed by atoms with van der Waals surface area (Å²) in [6.07, 6.45) is 13.7. The fourth-order valence-electron chi connectivity index (χ4n) is 2.01. The molecule has 0 aromatic carbocycles. The lowest BCUT2D eigenvalue weighted by atomic mass is 10.1. The Balaban J connectivity index is 2.13. The topological polar surface area (TPSA) is 38.8 Å². The number of halogens is 1. The summed E-state index contributed by atoms with van der Waals surface area (Å²) in [4.78, 5) is 11.9. The average Bonchev–Trinajstić information content (AvgIpc) is 2.80. The molecular formula is C13H13BrN3O+. The number of carbonyl (C=O) groups is 1. The van der Waals surface area contributed by atoms with E-state index in [9.17, 15) is 4.79 Å². The predicted octanol–water partition coefficient (Wildman–Crippen LogP) is 1.73. The molecule has 1 aromatic rings. The van der Waals surface area contributed by atoms with Crippen LogP contribution in [-0.4, -0.2) is 15.6 Å². The number of fused-ring (bicyclic) bond motifs is 1. The van der Waals surface area contributed by atoms with Crippen molar-refractivity contribution >= 4 is 21.7 Å². The lowest BCUT2D eigenvalue weighted by molar-refractivity contribution is -0.684. The minimum absolute atomic E-state index is 0.0977. The van der Waals surface area contributed by atoms with Gasteiger partial charge in [-0.05, 0) is 6.08 Å². The van der Waals surface area contributed by atoms with Crippen LogP contribution in [0, 0.1) is 12.3 Å². The van der Waals surface area contributed by atoms with Crippen LogP contribution in [0.25, 0.3) is 0 Å². The minimum Gasteiger partial charge on any atom is -0.287 e. The fraction of sp³-hybridized carbons (Fsp3) is 0.308. The Kier molecular flexibility index (Phi) is 3.78. The van der Waals surface area contributed by atoms with Crippen molar-refractivity contribution in [2.24, 2.45) is 7.05 Å². The maximum absolute atomic E-state index is 11.9. The van der Waals surface area contributed by atoms with Crippen molar-refractivity contribution in [2.45, 2.75) is 18.9 Å². The minimum atomic E-state index is 0.0977. The zero-order chi connectivity index (χ0) is 13.1. The maximum atomic E-state index is 11.9. The molecule has 0 saturated carbocycles. The van der Waals surface area contributed by atoms with Gasteiger partial charge < -0.3 is 0 Å². The first-order valence-electron chi connectivity index (χ1n) is 5.60. The van der Waals surface area contributed by atoms with Crippen molar-refractivity contribution in [1.82, 2.24) is 9.78 Å². The Morgan fingerprint density at radius 1 is 1.67 bits per heavy atom. The van der Waals surface area contributed by atoms with E-state index in [0.29, 0.717) is 17.0 Å². The molecule has 1 unspecified atom stereocenters. The predicted molar refractivity (Wildman–Crippen MR) is 70.8 cm³/mol. The molecule has 4 nitrogen and oxygen atoms in total. The molecule has 0 aliphatic carbocycles. The van der Waals surface area contributed by atoms with Crippen molar-refractivity contribution in [3.63, 3.8) is 0 Å². The van der Waals surface area contributed by atoms with Gasteiger partial charge >= 0.3 is 10.6 Å². The van der Waals surface area contributed by atoms with Crippen molar-refractivity contribution in [2.75, 3.05) is 0 Å². The molecule has 0 spiro atoms. The molecule has 0 bridgehead atoms. The van der Waals surface area contributed by atoms with Crippen LogP contribution in [0.4, 0.5) is 0 Å². The number of ketones is 1. The first-order valence-corrected chi connectivity index (χ1v) is 6.39. The van der Waals surface area contributed by atoms with Crippen molar-refractivity contribution in [3.05, 3.63) is 34.9 Å². The second-order valence-corrected chi connectivity index (χ2v) is 4.78. The maximum Gasteiger partial charge on any atom is 0.344 e. The van der Waals surface area contributed by atoms with Gasteiger partial charge in [-0.15, -0.1) is 6.42 Å². The SMILES string of the molecule is C#C/C=C\C=C/CC1CC(=O)c2n1nc(Br)[n+]2C. The van der Waals surface area contributed by atoms with Gasteiger partial charge in [0.05, 0.1) is 18.6 Å². The molecule has 0 N–H and O–H groups in total. The lowest BCUT2D eigenvalue weighted by Gasteiger charge is -1.99. The van der Waals surface area contributed by atoms with E-state index in [4.69, 9.17) is 6.42 Å². The van der Waals surface area contributed by atoms with E-state index in [2.05, 4.69) is 26.9 Å². The highest BCUT2D eigenvalue weighted by Crippen LogP contribution is 2.26. The van der Waals surface area contributed by atoms with E-state index >= 15 is 0 Å². The number of hydrogen-bond donors (Lipinski definition) is 0. The Hall–Kier alpha value is -1.67. The van der Waals surface area contributed by atoms with Crippen LogP contribution in [0.3, 0.4) is 0 Å². The first kappa shape index (κ1) is 12.8. The van der Waals surface area contributed by atoms with Gasteiger partial charge in [0.1, 0.15) is 6.04 Å². The number of hydrogen-bond acceptors (Lipinski definition) is 2. The van der Waals surface area contributed by atoms with E-state index < -0.39 is 0 Å². The highest BCUT2D eigenvalue weighted by molar-refractivity contribution is 9.10. The first-order chi connectivity index (χ1) is 8.65. The summed E-state index contributed by atoms with van der Waals surface area (Å²) in [6.45, 7) is 0. The largest absolute Gasteiger partial charge is 0.344 e. The van der Waals surface area contributed by atoms with E-state index in [1.165, 1.54) is 0 Å². The van der Waals surface area contributed by atoms with Crippen LogP contribution >= 0.6 is 15.9 Å². The third kappa shape index (κ3) is 2.29. The average molecular weight is 307 g/mol. The molecular weight excluding hydrogens is 294 g/mol. The van der Waals surface area contributed by atoms with Crippen LogP contribution in [0.2, 0.25) is 0 Å². The Bertz CT molecular complexity index is 578.